The van der Waals surface area contributed by atoms with Crippen molar-refractivity contribution in [2.75, 3.05) is 17.2 Å². The third-order valence-corrected chi connectivity index (χ3v) is 8.43. The number of anilines is 1. The Morgan fingerprint density at radius 2 is 1.97 bits per heavy atom. The summed E-state index contributed by atoms with van der Waals surface area (Å²) in [5.41, 5.74) is 8.76. The number of rotatable bonds is 7. The van der Waals surface area contributed by atoms with Crippen molar-refractivity contribution < 1.29 is 13.2 Å². The van der Waals surface area contributed by atoms with E-state index >= 15 is 0 Å². The van der Waals surface area contributed by atoms with Gasteiger partial charge in [-0.15, -0.1) is 0 Å². The highest BCUT2D eigenvalue weighted by Crippen LogP contribution is 2.35. The second kappa shape index (κ2) is 10.9. The largest absolute Gasteiger partial charge is 0.355 e. The van der Waals surface area contributed by atoms with E-state index in [1.165, 1.54) is 23.9 Å². The van der Waals surface area contributed by atoms with Crippen molar-refractivity contribution in [2.45, 2.75) is 37.4 Å². The van der Waals surface area contributed by atoms with Crippen LogP contribution in [0, 0.1) is 18.3 Å². The number of carbonyl (C=O) groups excluding carboxylic acids is 1. The van der Waals surface area contributed by atoms with Gasteiger partial charge in [0.1, 0.15) is 12.0 Å². The van der Waals surface area contributed by atoms with Crippen LogP contribution >= 0.6 is 23.4 Å². The number of primary sulfonamides is 1. The molecule has 0 radical (unpaired) electrons. The van der Waals surface area contributed by atoms with Crippen LogP contribution in [0.25, 0.3) is 0 Å². The lowest BCUT2D eigenvalue weighted by Gasteiger charge is -2.36. The second-order valence-corrected chi connectivity index (χ2v) is 11.6. The van der Waals surface area contributed by atoms with Crippen molar-refractivity contribution in [2.24, 2.45) is 16.0 Å². The molecule has 192 valence electrons. The van der Waals surface area contributed by atoms with Crippen LogP contribution in [0.4, 0.5) is 5.69 Å². The number of halogens is 1. The van der Waals surface area contributed by atoms with Crippen molar-refractivity contribution >= 4 is 56.0 Å². The van der Waals surface area contributed by atoms with Crippen molar-refractivity contribution in [3.8, 4) is 0 Å². The molecular formula is C23H28ClN7O3S2. The maximum Gasteiger partial charge on any atom is 0.238 e. The number of sulfonamides is 1. The lowest BCUT2D eigenvalue weighted by Crippen LogP contribution is -2.50. The average Bonchev–Trinajstić information content (AvgIpc) is 3.20. The van der Waals surface area contributed by atoms with Gasteiger partial charge in [-0.2, -0.15) is 0 Å². The van der Waals surface area contributed by atoms with Gasteiger partial charge in [-0.25, -0.2) is 24.0 Å². The first-order chi connectivity index (χ1) is 17.1. The SMILES string of the molecule is Cc1c(Cl)cccc1N1C(=N)C2C(C)NNC2N=C1SCC(=O)NCCc1ccc(S(N)(=O)=O)cc1. The molecule has 0 bridgehead atoms. The van der Waals surface area contributed by atoms with Crippen molar-refractivity contribution in [3.05, 3.63) is 58.6 Å². The highest BCUT2D eigenvalue weighted by atomic mass is 35.5. The van der Waals surface area contributed by atoms with Gasteiger partial charge in [0.05, 0.1) is 22.3 Å². The van der Waals surface area contributed by atoms with E-state index in [0.717, 1.165) is 16.8 Å². The number of hydrogen-bond donors (Lipinski definition) is 5. The molecule has 1 amide bonds. The van der Waals surface area contributed by atoms with Gasteiger partial charge in [-0.3, -0.25) is 20.5 Å². The number of hydrazine groups is 1. The predicted octanol–water partition coefficient (Wildman–Crippen LogP) is 1.98. The molecule has 1 fully saturated rings. The highest BCUT2D eigenvalue weighted by Gasteiger charge is 2.44. The zero-order valence-corrected chi connectivity index (χ0v) is 22.2. The summed E-state index contributed by atoms with van der Waals surface area (Å²) in [7, 11) is -3.73. The van der Waals surface area contributed by atoms with Gasteiger partial charge >= 0.3 is 0 Å². The standard InChI is InChI=1S/C23H28ClN7O3S2/c1-13-17(24)4-3-5-18(13)31-21(25)20-14(2)29-30-22(20)28-23(31)35-12-19(32)27-11-10-15-6-8-16(9-7-15)36(26,33)34/h3-9,14,20,22,25,29-30H,10-12H2,1-2H3,(H,27,32)(H2,26,33,34). The van der Waals surface area contributed by atoms with Gasteiger partial charge in [0.15, 0.2) is 5.17 Å². The Kier molecular flexibility index (Phi) is 8.03. The van der Waals surface area contributed by atoms with Crippen LogP contribution < -0.4 is 26.2 Å². The number of fused-ring (bicyclic) bond motifs is 1. The molecule has 4 rings (SSSR count). The van der Waals surface area contributed by atoms with Crippen molar-refractivity contribution in [1.29, 1.82) is 5.41 Å². The second-order valence-electron chi connectivity index (χ2n) is 8.64. The molecule has 0 saturated carbocycles. The molecule has 2 heterocycles. The monoisotopic (exact) mass is 549 g/mol. The van der Waals surface area contributed by atoms with E-state index in [2.05, 4.69) is 16.2 Å². The number of nitrogens with one attached hydrogen (secondary N) is 4. The smallest absolute Gasteiger partial charge is 0.238 e. The van der Waals surface area contributed by atoms with E-state index in [0.29, 0.717) is 29.0 Å². The van der Waals surface area contributed by atoms with Crippen molar-refractivity contribution in [3.63, 3.8) is 0 Å². The highest BCUT2D eigenvalue weighted by molar-refractivity contribution is 8.14. The number of amidine groups is 2. The summed E-state index contributed by atoms with van der Waals surface area (Å²) >= 11 is 7.63. The molecule has 10 nitrogen and oxygen atoms in total. The topological polar surface area (TPSA) is 153 Å². The summed E-state index contributed by atoms with van der Waals surface area (Å²) in [6.45, 7) is 4.29. The first-order valence-electron chi connectivity index (χ1n) is 11.3. The summed E-state index contributed by atoms with van der Waals surface area (Å²) in [4.78, 5) is 19.2. The van der Waals surface area contributed by atoms with Crippen LogP contribution in [0.5, 0.6) is 0 Å². The third-order valence-electron chi connectivity index (χ3n) is 6.14. The lowest BCUT2D eigenvalue weighted by molar-refractivity contribution is -0.118. The molecule has 2 aliphatic heterocycles. The fourth-order valence-electron chi connectivity index (χ4n) is 4.14. The maximum atomic E-state index is 12.6. The molecule has 2 aromatic rings. The number of carbonyl (C=O) groups is 1. The normalized spacial score (nSPS) is 21.8. The van der Waals surface area contributed by atoms with E-state index < -0.39 is 10.0 Å². The molecule has 1 saturated heterocycles. The van der Waals surface area contributed by atoms with E-state index in [4.69, 9.17) is 27.1 Å². The minimum atomic E-state index is -3.73. The minimum Gasteiger partial charge on any atom is -0.355 e. The van der Waals surface area contributed by atoms with Gasteiger partial charge in [-0.1, -0.05) is 41.6 Å². The summed E-state index contributed by atoms with van der Waals surface area (Å²) < 4.78 is 22.7. The third kappa shape index (κ3) is 5.74. The van der Waals surface area contributed by atoms with Gasteiger partial charge < -0.3 is 5.32 Å². The van der Waals surface area contributed by atoms with E-state index in [-0.39, 0.29) is 34.7 Å². The number of thioether (sulfide) groups is 1. The Bertz CT molecular complexity index is 1300. The van der Waals surface area contributed by atoms with Crippen molar-refractivity contribution in [1.82, 2.24) is 16.2 Å². The fourth-order valence-corrected chi connectivity index (χ4v) is 5.70. The van der Waals surface area contributed by atoms with Crippen LogP contribution in [-0.4, -0.2) is 49.8 Å². The number of nitrogens with two attached hydrogens (primary N) is 1. The van der Waals surface area contributed by atoms with Gasteiger partial charge in [0.25, 0.3) is 0 Å². The summed E-state index contributed by atoms with van der Waals surface area (Å²) in [6.07, 6.45) is 0.243. The zero-order chi connectivity index (χ0) is 26.0. The van der Waals surface area contributed by atoms with Crippen LogP contribution in [-0.2, 0) is 21.2 Å². The fraction of sp³-hybridized carbons (Fsp3) is 0.348. The molecule has 3 atom stereocenters. The first-order valence-corrected chi connectivity index (χ1v) is 14.2. The number of amides is 1. The minimum absolute atomic E-state index is 0.0158. The van der Waals surface area contributed by atoms with E-state index in [1.807, 2.05) is 26.0 Å². The Morgan fingerprint density at radius 1 is 1.25 bits per heavy atom. The Balaban J connectivity index is 1.41. The van der Waals surface area contributed by atoms with Gasteiger partial charge in [0.2, 0.25) is 15.9 Å². The summed E-state index contributed by atoms with van der Waals surface area (Å²) in [5.74, 6) is 0.164. The van der Waals surface area contributed by atoms with Crippen LogP contribution in [0.3, 0.4) is 0 Å². The maximum absolute atomic E-state index is 12.6. The average molecular weight is 550 g/mol. The molecule has 0 spiro atoms. The lowest BCUT2D eigenvalue weighted by atomic mass is 9.96. The molecule has 2 aromatic carbocycles. The quantitative estimate of drug-likeness (QED) is 0.354. The van der Waals surface area contributed by atoms with Gasteiger partial charge in [-0.05, 0) is 55.7 Å². The number of nitrogens with zero attached hydrogens (tertiary/aromatic N) is 2. The number of hydrogen-bond acceptors (Lipinski definition) is 8. The zero-order valence-electron chi connectivity index (χ0n) is 19.8. The number of benzene rings is 2. The molecule has 6 N–H and O–H groups in total. The molecule has 13 heteroatoms. The first kappa shape index (κ1) is 26.6. The van der Waals surface area contributed by atoms with Crippen LogP contribution in [0.2, 0.25) is 5.02 Å². The molecule has 0 aromatic heterocycles. The number of aliphatic imine (C=N–C) groups is 1. The summed E-state index contributed by atoms with van der Waals surface area (Å²) in [5, 5.41) is 18.1. The summed E-state index contributed by atoms with van der Waals surface area (Å²) in [6, 6.07) is 11.8. The van der Waals surface area contributed by atoms with Gasteiger partial charge in [0, 0.05) is 17.6 Å². The molecule has 3 unspecified atom stereocenters. The molecule has 0 aliphatic carbocycles. The van der Waals surface area contributed by atoms with Crippen LogP contribution in [0.1, 0.15) is 18.1 Å². The van der Waals surface area contributed by atoms with Crippen LogP contribution in [0.15, 0.2) is 52.4 Å². The van der Waals surface area contributed by atoms with E-state index in [1.54, 1.807) is 23.1 Å². The van der Waals surface area contributed by atoms with E-state index in [9.17, 15) is 13.2 Å². The Labute approximate surface area is 219 Å². The molecular weight excluding hydrogens is 522 g/mol. The Morgan fingerprint density at radius 3 is 2.67 bits per heavy atom. The Hall–Kier alpha value is -2.48. The molecule has 2 aliphatic rings. The predicted molar refractivity (Wildman–Crippen MR) is 144 cm³/mol. The molecule has 36 heavy (non-hydrogen) atoms.